The van der Waals surface area contributed by atoms with E-state index < -0.39 is 6.10 Å². The molecule has 0 aliphatic carbocycles. The lowest BCUT2D eigenvalue weighted by atomic mass is 10.0. The van der Waals surface area contributed by atoms with Gasteiger partial charge in [-0.3, -0.25) is 0 Å². The minimum atomic E-state index is -1.17. The van der Waals surface area contributed by atoms with Crippen molar-refractivity contribution >= 4 is 11.0 Å². The number of hydrogen-bond acceptors (Lipinski definition) is 3. The summed E-state index contributed by atoms with van der Waals surface area (Å²) >= 11 is 0. The summed E-state index contributed by atoms with van der Waals surface area (Å²) in [6, 6.07) is 17.1. The number of para-hydroxylation sites is 1. The highest BCUT2D eigenvalue weighted by Crippen LogP contribution is 2.34. The molecule has 3 aromatic rings. The molecule has 1 atom stereocenters. The topological polar surface area (TPSA) is 57.2 Å². The first-order chi connectivity index (χ1) is 9.31. The van der Waals surface area contributed by atoms with Crippen molar-refractivity contribution in [2.24, 2.45) is 0 Å². The number of hydrogen-bond donors (Lipinski definition) is 1. The Morgan fingerprint density at radius 1 is 1.05 bits per heavy atom. The maximum atomic E-state index is 9.69. The van der Waals surface area contributed by atoms with Crippen molar-refractivity contribution in [1.29, 1.82) is 5.26 Å². The highest BCUT2D eigenvalue weighted by atomic mass is 16.3. The molecular formula is C16H11NO2. The number of nitriles is 1. The van der Waals surface area contributed by atoms with E-state index in [1.807, 2.05) is 48.5 Å². The molecule has 0 saturated heterocycles. The molecule has 1 heterocycles. The summed E-state index contributed by atoms with van der Waals surface area (Å²) < 4.78 is 5.55. The third kappa shape index (κ3) is 1.88. The van der Waals surface area contributed by atoms with Crippen LogP contribution in [-0.4, -0.2) is 5.11 Å². The maximum absolute atomic E-state index is 9.69. The lowest BCUT2D eigenvalue weighted by molar-refractivity contribution is 0.236. The molecule has 0 bridgehead atoms. The molecule has 1 aromatic heterocycles. The van der Waals surface area contributed by atoms with Crippen LogP contribution < -0.4 is 0 Å². The fraction of sp³-hybridized carbons (Fsp3) is 0.0625. The minimum absolute atomic E-state index is 0.502. The highest BCUT2D eigenvalue weighted by Gasteiger charge is 2.15. The van der Waals surface area contributed by atoms with Crippen molar-refractivity contribution in [3.05, 3.63) is 60.4 Å². The van der Waals surface area contributed by atoms with Gasteiger partial charge in [-0.2, -0.15) is 5.26 Å². The van der Waals surface area contributed by atoms with Crippen molar-refractivity contribution in [3.63, 3.8) is 0 Å². The fourth-order valence-electron chi connectivity index (χ4n) is 2.21. The monoisotopic (exact) mass is 249 g/mol. The zero-order valence-corrected chi connectivity index (χ0v) is 10.1. The van der Waals surface area contributed by atoms with Gasteiger partial charge in [0.25, 0.3) is 0 Å². The highest BCUT2D eigenvalue weighted by molar-refractivity contribution is 5.95. The maximum Gasteiger partial charge on any atom is 0.169 e. The van der Waals surface area contributed by atoms with Crippen LogP contribution in [0.15, 0.2) is 59.2 Å². The van der Waals surface area contributed by atoms with Crippen LogP contribution in [0, 0.1) is 11.3 Å². The van der Waals surface area contributed by atoms with Gasteiger partial charge < -0.3 is 9.52 Å². The molecule has 3 nitrogen and oxygen atoms in total. The van der Waals surface area contributed by atoms with Gasteiger partial charge >= 0.3 is 0 Å². The Morgan fingerprint density at radius 3 is 2.58 bits per heavy atom. The Bertz CT molecular complexity index is 753. The summed E-state index contributed by atoms with van der Waals surface area (Å²) in [5.74, 6) is 0. The average Bonchev–Trinajstić information content (AvgIpc) is 2.91. The van der Waals surface area contributed by atoms with E-state index in [-0.39, 0.29) is 0 Å². The van der Waals surface area contributed by atoms with Crippen LogP contribution in [0.5, 0.6) is 0 Å². The molecule has 0 saturated carbocycles. The van der Waals surface area contributed by atoms with Crippen molar-refractivity contribution < 1.29 is 9.52 Å². The number of furan rings is 1. The first kappa shape index (κ1) is 11.5. The molecule has 0 fully saturated rings. The first-order valence-corrected chi connectivity index (χ1v) is 5.94. The van der Waals surface area contributed by atoms with E-state index in [2.05, 4.69) is 0 Å². The van der Waals surface area contributed by atoms with E-state index in [0.29, 0.717) is 11.1 Å². The van der Waals surface area contributed by atoms with Crippen LogP contribution in [0.25, 0.3) is 22.1 Å². The molecule has 19 heavy (non-hydrogen) atoms. The van der Waals surface area contributed by atoms with Crippen LogP contribution in [0.2, 0.25) is 0 Å². The van der Waals surface area contributed by atoms with Gasteiger partial charge in [0.2, 0.25) is 0 Å². The number of aliphatic hydroxyl groups is 1. The van der Waals surface area contributed by atoms with Crippen LogP contribution in [-0.2, 0) is 0 Å². The summed E-state index contributed by atoms with van der Waals surface area (Å²) in [5.41, 5.74) is 3.07. The van der Waals surface area contributed by atoms with Crippen molar-refractivity contribution in [3.8, 4) is 17.2 Å². The van der Waals surface area contributed by atoms with Crippen molar-refractivity contribution in [2.75, 3.05) is 0 Å². The van der Waals surface area contributed by atoms with E-state index in [1.165, 1.54) is 0 Å². The van der Waals surface area contributed by atoms with Gasteiger partial charge in [0.05, 0.1) is 12.3 Å². The molecule has 2 aromatic carbocycles. The second-order valence-electron chi connectivity index (χ2n) is 4.27. The second-order valence-corrected chi connectivity index (χ2v) is 4.27. The van der Waals surface area contributed by atoms with Gasteiger partial charge in [-0.05, 0) is 5.56 Å². The summed E-state index contributed by atoms with van der Waals surface area (Å²) in [4.78, 5) is 0. The zero-order chi connectivity index (χ0) is 13.2. The molecule has 0 radical (unpaired) electrons. The first-order valence-electron chi connectivity index (χ1n) is 5.94. The predicted octanol–water partition coefficient (Wildman–Crippen LogP) is 3.66. The quantitative estimate of drug-likeness (QED) is 0.705. The number of fused-ring (bicyclic) bond motifs is 1. The average molecular weight is 249 g/mol. The Labute approximate surface area is 110 Å². The lowest BCUT2D eigenvalue weighted by Gasteiger charge is -2.03. The molecule has 0 spiro atoms. The number of aliphatic hydroxyl groups excluding tert-OH is 1. The molecule has 0 amide bonds. The summed E-state index contributed by atoms with van der Waals surface area (Å²) in [7, 11) is 0. The zero-order valence-electron chi connectivity index (χ0n) is 10.1. The fourth-order valence-corrected chi connectivity index (χ4v) is 2.21. The third-order valence-electron chi connectivity index (χ3n) is 3.13. The van der Waals surface area contributed by atoms with E-state index in [1.54, 1.807) is 12.3 Å². The largest absolute Gasteiger partial charge is 0.463 e. The molecule has 3 heteroatoms. The molecule has 92 valence electrons. The van der Waals surface area contributed by atoms with Gasteiger partial charge in [-0.25, -0.2) is 0 Å². The van der Waals surface area contributed by atoms with E-state index in [4.69, 9.17) is 9.68 Å². The minimum Gasteiger partial charge on any atom is -0.463 e. The van der Waals surface area contributed by atoms with E-state index >= 15 is 0 Å². The van der Waals surface area contributed by atoms with Crippen LogP contribution >= 0.6 is 0 Å². The van der Waals surface area contributed by atoms with Crippen LogP contribution in [0.4, 0.5) is 0 Å². The summed E-state index contributed by atoms with van der Waals surface area (Å²) in [6.07, 6.45) is 0.492. The van der Waals surface area contributed by atoms with Gasteiger partial charge in [0.15, 0.2) is 6.10 Å². The van der Waals surface area contributed by atoms with E-state index in [0.717, 1.165) is 16.5 Å². The Kier molecular flexibility index (Phi) is 2.79. The number of benzene rings is 2. The van der Waals surface area contributed by atoms with Crippen molar-refractivity contribution in [2.45, 2.75) is 6.10 Å². The van der Waals surface area contributed by atoms with Crippen LogP contribution in [0.3, 0.4) is 0 Å². The molecule has 0 aliphatic rings. The third-order valence-corrected chi connectivity index (χ3v) is 3.13. The molecular weight excluding hydrogens is 238 g/mol. The van der Waals surface area contributed by atoms with Gasteiger partial charge in [0, 0.05) is 16.5 Å². The van der Waals surface area contributed by atoms with Gasteiger partial charge in [-0.15, -0.1) is 0 Å². The molecule has 1 N–H and O–H groups in total. The van der Waals surface area contributed by atoms with Gasteiger partial charge in [-0.1, -0.05) is 48.5 Å². The molecule has 1 unspecified atom stereocenters. The summed E-state index contributed by atoms with van der Waals surface area (Å²) in [6.45, 7) is 0. The number of rotatable bonds is 2. The van der Waals surface area contributed by atoms with E-state index in [9.17, 15) is 5.11 Å². The molecule has 3 rings (SSSR count). The Hall–Kier alpha value is -2.57. The SMILES string of the molecule is N#CC(O)c1cccc2c(-c3ccccc3)coc12. The second kappa shape index (κ2) is 4.60. The molecule has 0 aliphatic heterocycles. The Morgan fingerprint density at radius 2 is 1.84 bits per heavy atom. The Balaban J connectivity index is 2.24. The van der Waals surface area contributed by atoms with Crippen molar-refractivity contribution in [1.82, 2.24) is 0 Å². The predicted molar refractivity (Wildman–Crippen MR) is 72.2 cm³/mol. The smallest absolute Gasteiger partial charge is 0.169 e. The number of nitrogens with zero attached hydrogens (tertiary/aromatic N) is 1. The lowest BCUT2D eigenvalue weighted by Crippen LogP contribution is -1.93. The normalized spacial score (nSPS) is 12.2. The van der Waals surface area contributed by atoms with Crippen LogP contribution in [0.1, 0.15) is 11.7 Å². The standard InChI is InChI=1S/C16H11NO2/c17-9-15(18)13-8-4-7-12-14(10-19-16(12)13)11-5-2-1-3-6-11/h1-8,10,15,18H. The summed E-state index contributed by atoms with van der Waals surface area (Å²) in [5, 5.41) is 19.4. The van der Waals surface area contributed by atoms with Gasteiger partial charge in [0.1, 0.15) is 5.58 Å².